The molecule has 2 N–H and O–H groups in total. The van der Waals surface area contributed by atoms with Crippen molar-refractivity contribution in [3.63, 3.8) is 0 Å². The molecule has 1 atom stereocenters. The second-order valence-corrected chi connectivity index (χ2v) is 3.81. The maximum absolute atomic E-state index is 10.2. The zero-order valence-corrected chi connectivity index (χ0v) is 8.97. The van der Waals surface area contributed by atoms with Crippen molar-refractivity contribution in [1.29, 1.82) is 0 Å². The molecule has 6 heteroatoms. The second-order valence-electron chi connectivity index (χ2n) is 3.81. The summed E-state index contributed by atoms with van der Waals surface area (Å²) < 4.78 is 0.606. The van der Waals surface area contributed by atoms with Crippen LogP contribution in [0.25, 0.3) is 0 Å². The van der Waals surface area contributed by atoms with Gasteiger partial charge in [0.25, 0.3) is 0 Å². The number of nitrogens with two attached hydrogens (primary N) is 1. The highest BCUT2D eigenvalue weighted by atomic mass is 35.5. The van der Waals surface area contributed by atoms with Crippen molar-refractivity contribution in [2.24, 2.45) is 5.90 Å². The first kappa shape index (κ1) is 15.1. The van der Waals surface area contributed by atoms with Gasteiger partial charge in [0.1, 0.15) is 12.6 Å². The number of aliphatic carboxylic acids is 1. The quantitative estimate of drug-likeness (QED) is 0.445. The number of hydrogen-bond acceptors (Lipinski definition) is 4. The van der Waals surface area contributed by atoms with Crippen LogP contribution in [0.3, 0.4) is 0 Å². The molecule has 13 heavy (non-hydrogen) atoms. The molecule has 80 valence electrons. The minimum Gasteiger partial charge on any atom is -0.550 e. The molecule has 0 heterocycles. The first-order valence-corrected chi connectivity index (χ1v) is 3.71. The van der Waals surface area contributed by atoms with E-state index < -0.39 is 12.1 Å². The Morgan fingerprint density at radius 1 is 1.54 bits per heavy atom. The van der Waals surface area contributed by atoms with Crippen LogP contribution in [0.1, 0.15) is 6.42 Å². The summed E-state index contributed by atoms with van der Waals surface area (Å²) in [6.07, 6.45) is -0.638. The van der Waals surface area contributed by atoms with E-state index in [9.17, 15) is 9.90 Å². The average molecular weight is 213 g/mol. The van der Waals surface area contributed by atoms with Gasteiger partial charge in [0.2, 0.25) is 0 Å². The maximum atomic E-state index is 10.2. The topological polar surface area (TPSA) is 75.4 Å². The van der Waals surface area contributed by atoms with Crippen LogP contribution >= 0.6 is 12.4 Å². The standard InChI is InChI=1S/C7H16N2O3.ClH/c1-9(2,3)5-6(12-8)4-7(10)11;/h6H,4-5,8H2,1-3H3;1H. The first-order valence-electron chi connectivity index (χ1n) is 3.71. The molecule has 0 aromatic heterocycles. The van der Waals surface area contributed by atoms with Crippen LogP contribution in [0.5, 0.6) is 0 Å². The Kier molecular flexibility index (Phi) is 7.15. The lowest BCUT2D eigenvalue weighted by molar-refractivity contribution is -0.873. The number of halogens is 1. The highest BCUT2D eigenvalue weighted by Gasteiger charge is 2.18. The molecule has 0 aromatic rings. The Morgan fingerprint density at radius 3 is 2.23 bits per heavy atom. The molecule has 0 fully saturated rings. The van der Waals surface area contributed by atoms with Crippen LogP contribution in [-0.4, -0.2) is 44.2 Å². The third-order valence-corrected chi connectivity index (χ3v) is 1.34. The van der Waals surface area contributed by atoms with Gasteiger partial charge in [-0.2, -0.15) is 0 Å². The SMILES string of the molecule is C[N+](C)(C)CC(CC(=O)[O-])ON.Cl. The molecule has 0 amide bonds. The molecule has 0 saturated carbocycles. The van der Waals surface area contributed by atoms with Gasteiger partial charge in [-0.25, -0.2) is 5.90 Å². The van der Waals surface area contributed by atoms with Gasteiger partial charge in [-0.05, 0) is 0 Å². The Morgan fingerprint density at radius 2 is 2.00 bits per heavy atom. The zero-order chi connectivity index (χ0) is 9.78. The number of carboxylic acids is 1. The van der Waals surface area contributed by atoms with Crippen LogP contribution < -0.4 is 11.0 Å². The molecule has 0 aliphatic rings. The molecule has 1 unspecified atom stereocenters. The monoisotopic (exact) mass is 212 g/mol. The minimum absolute atomic E-state index is 0. The number of carbonyl (C=O) groups excluding carboxylic acids is 1. The summed E-state index contributed by atoms with van der Waals surface area (Å²) in [5.41, 5.74) is 0. The van der Waals surface area contributed by atoms with E-state index >= 15 is 0 Å². The Bertz CT molecular complexity index is 158. The van der Waals surface area contributed by atoms with E-state index in [1.54, 1.807) is 0 Å². The van der Waals surface area contributed by atoms with Crippen LogP contribution in [0.4, 0.5) is 0 Å². The van der Waals surface area contributed by atoms with Crippen molar-refractivity contribution in [2.45, 2.75) is 12.5 Å². The maximum Gasteiger partial charge on any atom is 0.133 e. The lowest BCUT2D eigenvalue weighted by Crippen LogP contribution is -2.45. The average Bonchev–Trinajstić information content (AvgIpc) is 1.82. The highest BCUT2D eigenvalue weighted by Crippen LogP contribution is 2.01. The Labute approximate surface area is 84.4 Å². The Hall–Kier alpha value is -0.360. The number of rotatable bonds is 5. The van der Waals surface area contributed by atoms with Gasteiger partial charge in [-0.1, -0.05) is 0 Å². The van der Waals surface area contributed by atoms with Gasteiger partial charge in [0, 0.05) is 12.4 Å². The number of hydrogen-bond donors (Lipinski definition) is 1. The van der Waals surface area contributed by atoms with Crippen LogP contribution in [0, 0.1) is 0 Å². The van der Waals surface area contributed by atoms with Crippen LogP contribution in [-0.2, 0) is 9.63 Å². The van der Waals surface area contributed by atoms with E-state index in [1.165, 1.54) is 0 Å². The van der Waals surface area contributed by atoms with Gasteiger partial charge in [-0.3, -0.25) is 4.84 Å². The van der Waals surface area contributed by atoms with Crippen molar-refractivity contribution in [2.75, 3.05) is 27.7 Å². The molecule has 0 aliphatic carbocycles. The molecule has 0 radical (unpaired) electrons. The number of carbonyl (C=O) groups is 1. The van der Waals surface area contributed by atoms with Crippen LogP contribution in [0.15, 0.2) is 0 Å². The first-order chi connectivity index (χ1) is 5.35. The molecule has 0 aliphatic heterocycles. The summed E-state index contributed by atoms with van der Waals surface area (Å²) in [5, 5.41) is 10.2. The van der Waals surface area contributed by atoms with Crippen molar-refractivity contribution < 1.29 is 19.2 Å². The predicted molar refractivity (Wildman–Crippen MR) is 48.8 cm³/mol. The summed E-state index contributed by atoms with van der Waals surface area (Å²) in [6, 6.07) is 0. The third-order valence-electron chi connectivity index (χ3n) is 1.34. The summed E-state index contributed by atoms with van der Waals surface area (Å²) in [4.78, 5) is 14.7. The zero-order valence-electron chi connectivity index (χ0n) is 8.15. The van der Waals surface area contributed by atoms with Crippen molar-refractivity contribution in [3.05, 3.63) is 0 Å². The fourth-order valence-electron chi connectivity index (χ4n) is 0.952. The second kappa shape index (κ2) is 6.15. The Balaban J connectivity index is 0. The molecular weight excluding hydrogens is 196 g/mol. The van der Waals surface area contributed by atoms with Gasteiger partial charge in [-0.15, -0.1) is 12.4 Å². The van der Waals surface area contributed by atoms with Gasteiger partial charge in [0.15, 0.2) is 0 Å². The molecular formula is C7H17ClN2O3. The van der Waals surface area contributed by atoms with E-state index in [1.807, 2.05) is 21.1 Å². The van der Waals surface area contributed by atoms with Gasteiger partial charge >= 0.3 is 0 Å². The summed E-state index contributed by atoms with van der Waals surface area (Å²) >= 11 is 0. The van der Waals surface area contributed by atoms with Crippen molar-refractivity contribution in [1.82, 2.24) is 0 Å². The van der Waals surface area contributed by atoms with Crippen molar-refractivity contribution in [3.8, 4) is 0 Å². The third kappa shape index (κ3) is 9.55. The lowest BCUT2D eigenvalue weighted by Gasteiger charge is -2.28. The fraction of sp³-hybridized carbons (Fsp3) is 0.857. The number of carboxylic acid groups (broad SMARTS) is 1. The fourth-order valence-corrected chi connectivity index (χ4v) is 0.952. The number of quaternary nitrogens is 1. The molecule has 0 bridgehead atoms. The predicted octanol–water partition coefficient (Wildman–Crippen LogP) is -1.49. The van der Waals surface area contributed by atoms with E-state index in [0.717, 1.165) is 0 Å². The molecule has 0 saturated heterocycles. The molecule has 0 spiro atoms. The summed E-state index contributed by atoms with van der Waals surface area (Å²) in [7, 11) is 5.80. The molecule has 0 rings (SSSR count). The lowest BCUT2D eigenvalue weighted by atomic mass is 10.2. The summed E-state index contributed by atoms with van der Waals surface area (Å²) in [5.74, 6) is 3.79. The molecule has 5 nitrogen and oxygen atoms in total. The largest absolute Gasteiger partial charge is 0.550 e. The van der Waals surface area contributed by atoms with E-state index in [0.29, 0.717) is 11.0 Å². The summed E-state index contributed by atoms with van der Waals surface area (Å²) in [6.45, 7) is 0.546. The van der Waals surface area contributed by atoms with Crippen molar-refractivity contribution >= 4 is 18.4 Å². The van der Waals surface area contributed by atoms with Crippen LogP contribution in [0.2, 0.25) is 0 Å². The smallest absolute Gasteiger partial charge is 0.133 e. The van der Waals surface area contributed by atoms with E-state index in [-0.39, 0.29) is 18.8 Å². The minimum atomic E-state index is -1.14. The normalized spacial score (nSPS) is 13.2. The molecule has 0 aromatic carbocycles. The van der Waals surface area contributed by atoms with E-state index in [4.69, 9.17) is 5.90 Å². The number of likely N-dealkylation sites (N-methyl/N-ethyl adjacent to an activating group) is 1. The van der Waals surface area contributed by atoms with Gasteiger partial charge in [0.05, 0.1) is 21.1 Å². The van der Waals surface area contributed by atoms with E-state index in [2.05, 4.69) is 4.84 Å². The van der Waals surface area contributed by atoms with Gasteiger partial charge < -0.3 is 14.4 Å². The highest BCUT2D eigenvalue weighted by molar-refractivity contribution is 5.85. The number of nitrogens with zero attached hydrogens (tertiary/aromatic N) is 1.